The molecule has 3 heteroatoms. The van der Waals surface area contributed by atoms with Gasteiger partial charge in [0.15, 0.2) is 18.1 Å². The summed E-state index contributed by atoms with van der Waals surface area (Å²) in [5, 5.41) is 0. The number of aldehydes is 1. The average Bonchev–Trinajstić information content (AvgIpc) is 2.47. The molecule has 0 bridgehead atoms. The molecule has 11 heavy (non-hydrogen) atoms. The molecule has 2 rings (SSSR count). The highest BCUT2D eigenvalue weighted by Gasteiger charge is 2.24. The Labute approximate surface area is 63.5 Å². The lowest BCUT2D eigenvalue weighted by Gasteiger charge is -1.93. The molecule has 1 aromatic carbocycles. The van der Waals surface area contributed by atoms with Crippen molar-refractivity contribution in [3.63, 3.8) is 0 Å². The molecule has 1 aliphatic rings. The first-order chi connectivity index (χ1) is 5.42. The largest absolute Gasteiger partial charge is 0.336 e. The van der Waals surface area contributed by atoms with Crippen LogP contribution < -0.4 is 4.89 Å². The molecule has 0 aliphatic carbocycles. The molecule has 0 N–H and O–H groups in total. The van der Waals surface area contributed by atoms with Gasteiger partial charge in [-0.25, -0.2) is 0 Å². The van der Waals surface area contributed by atoms with Crippen molar-refractivity contribution in [1.29, 1.82) is 0 Å². The second-order valence-corrected chi connectivity index (χ2v) is 2.27. The third kappa shape index (κ3) is 0.897. The molecule has 1 aliphatic heterocycles. The highest BCUT2D eigenvalue weighted by atomic mass is 17.2. The van der Waals surface area contributed by atoms with Crippen LogP contribution in [-0.4, -0.2) is 6.29 Å². The molecule has 1 aromatic rings. The van der Waals surface area contributed by atoms with Crippen molar-refractivity contribution in [3.8, 4) is 5.75 Å². The summed E-state index contributed by atoms with van der Waals surface area (Å²) in [5.74, 6) is 0.629. The minimum absolute atomic E-state index is 0.550. The number of carbonyl (C=O) groups excluding carboxylic acids is 1. The van der Waals surface area contributed by atoms with E-state index in [4.69, 9.17) is 9.78 Å². The molecule has 1 heterocycles. The maximum Gasteiger partial charge on any atom is 0.188 e. The van der Waals surface area contributed by atoms with Gasteiger partial charge in [0.05, 0.1) is 0 Å². The van der Waals surface area contributed by atoms with Crippen molar-refractivity contribution in [2.45, 2.75) is 6.10 Å². The highest BCUT2D eigenvalue weighted by Crippen LogP contribution is 2.32. The number of fused-ring (bicyclic) bond motifs is 1. The molecule has 1 atom stereocenters. The smallest absolute Gasteiger partial charge is 0.188 e. The number of para-hydroxylation sites is 1. The second-order valence-electron chi connectivity index (χ2n) is 2.27. The molecule has 56 valence electrons. The Morgan fingerprint density at radius 2 is 2.18 bits per heavy atom. The minimum atomic E-state index is -0.550. The van der Waals surface area contributed by atoms with Crippen LogP contribution in [0.1, 0.15) is 11.7 Å². The average molecular weight is 150 g/mol. The van der Waals surface area contributed by atoms with Gasteiger partial charge in [0.25, 0.3) is 0 Å². The number of hydrogen-bond acceptors (Lipinski definition) is 3. The van der Waals surface area contributed by atoms with E-state index < -0.39 is 6.10 Å². The summed E-state index contributed by atoms with van der Waals surface area (Å²) in [6, 6.07) is 7.24. The highest BCUT2D eigenvalue weighted by molar-refractivity contribution is 5.63. The Bertz CT molecular complexity index is 282. The van der Waals surface area contributed by atoms with Gasteiger partial charge in [0, 0.05) is 5.56 Å². The Hall–Kier alpha value is -1.35. The number of rotatable bonds is 1. The van der Waals surface area contributed by atoms with Crippen LogP contribution in [0.4, 0.5) is 0 Å². The van der Waals surface area contributed by atoms with E-state index >= 15 is 0 Å². The number of hydrogen-bond donors (Lipinski definition) is 0. The van der Waals surface area contributed by atoms with E-state index in [-0.39, 0.29) is 0 Å². The zero-order chi connectivity index (χ0) is 7.68. The van der Waals surface area contributed by atoms with Gasteiger partial charge in [0.2, 0.25) is 0 Å². The van der Waals surface area contributed by atoms with Crippen LogP contribution >= 0.6 is 0 Å². The quantitative estimate of drug-likeness (QED) is 0.446. The van der Waals surface area contributed by atoms with Crippen LogP contribution in [0.5, 0.6) is 5.75 Å². The molecule has 0 spiro atoms. The molecule has 0 radical (unpaired) electrons. The van der Waals surface area contributed by atoms with Crippen molar-refractivity contribution in [2.75, 3.05) is 0 Å². The first-order valence-electron chi connectivity index (χ1n) is 3.29. The van der Waals surface area contributed by atoms with Crippen molar-refractivity contribution >= 4 is 6.29 Å². The molecule has 0 amide bonds. The van der Waals surface area contributed by atoms with Gasteiger partial charge in [-0.3, -0.25) is 4.79 Å². The zero-order valence-electron chi connectivity index (χ0n) is 5.69. The van der Waals surface area contributed by atoms with Crippen molar-refractivity contribution in [1.82, 2.24) is 0 Å². The summed E-state index contributed by atoms with van der Waals surface area (Å²) in [7, 11) is 0. The summed E-state index contributed by atoms with van der Waals surface area (Å²) in [6.07, 6.45) is 0.164. The summed E-state index contributed by atoms with van der Waals surface area (Å²) in [5.41, 5.74) is 0.794. The summed E-state index contributed by atoms with van der Waals surface area (Å²) in [4.78, 5) is 19.8. The van der Waals surface area contributed by atoms with Crippen LogP contribution in [0.15, 0.2) is 24.3 Å². The van der Waals surface area contributed by atoms with Gasteiger partial charge in [-0.15, -0.1) is 0 Å². The van der Waals surface area contributed by atoms with Crippen molar-refractivity contribution in [2.24, 2.45) is 0 Å². The molecule has 0 aromatic heterocycles. The molecule has 1 unspecified atom stereocenters. The first kappa shape index (κ1) is 6.37. The summed E-state index contributed by atoms with van der Waals surface area (Å²) in [6.45, 7) is 0. The maximum atomic E-state index is 10.4. The molecule has 0 saturated heterocycles. The fraction of sp³-hybridized carbons (Fsp3) is 0.125. The van der Waals surface area contributed by atoms with E-state index in [0.29, 0.717) is 12.0 Å². The Morgan fingerprint density at radius 3 is 3.00 bits per heavy atom. The fourth-order valence-electron chi connectivity index (χ4n) is 1.04. The van der Waals surface area contributed by atoms with E-state index in [9.17, 15) is 4.79 Å². The van der Waals surface area contributed by atoms with Gasteiger partial charge in [-0.2, -0.15) is 4.89 Å². The van der Waals surface area contributed by atoms with E-state index in [1.165, 1.54) is 0 Å². The van der Waals surface area contributed by atoms with Gasteiger partial charge >= 0.3 is 0 Å². The predicted molar refractivity (Wildman–Crippen MR) is 37.0 cm³/mol. The standard InChI is InChI=1S/C8H6O3/c9-5-8-6-3-1-2-4-7(6)10-11-8/h1-5,8H. The Kier molecular flexibility index (Phi) is 1.36. The van der Waals surface area contributed by atoms with Crippen LogP contribution in [0.2, 0.25) is 0 Å². The third-order valence-corrected chi connectivity index (χ3v) is 1.59. The Morgan fingerprint density at radius 1 is 1.36 bits per heavy atom. The molecular formula is C8H6O3. The maximum absolute atomic E-state index is 10.4. The van der Waals surface area contributed by atoms with Crippen LogP contribution in [0, 0.1) is 0 Å². The zero-order valence-corrected chi connectivity index (χ0v) is 5.69. The van der Waals surface area contributed by atoms with Crippen LogP contribution in [-0.2, 0) is 9.68 Å². The summed E-state index contributed by atoms with van der Waals surface area (Å²) >= 11 is 0. The molecule has 0 saturated carbocycles. The molecular weight excluding hydrogens is 144 g/mol. The van der Waals surface area contributed by atoms with E-state index in [2.05, 4.69) is 0 Å². The predicted octanol–water partition coefficient (Wildman–Crippen LogP) is 1.25. The second kappa shape index (κ2) is 2.36. The van der Waals surface area contributed by atoms with E-state index in [0.717, 1.165) is 5.56 Å². The first-order valence-corrected chi connectivity index (χ1v) is 3.29. The minimum Gasteiger partial charge on any atom is -0.336 e. The van der Waals surface area contributed by atoms with Crippen LogP contribution in [0.25, 0.3) is 0 Å². The fourth-order valence-corrected chi connectivity index (χ4v) is 1.04. The van der Waals surface area contributed by atoms with E-state index in [1.807, 2.05) is 12.1 Å². The lowest BCUT2D eigenvalue weighted by Crippen LogP contribution is -1.97. The Balaban J connectivity index is 2.46. The van der Waals surface area contributed by atoms with Crippen molar-refractivity contribution in [3.05, 3.63) is 29.8 Å². The third-order valence-electron chi connectivity index (χ3n) is 1.59. The molecule has 3 nitrogen and oxygen atoms in total. The summed E-state index contributed by atoms with van der Waals surface area (Å²) < 4.78 is 0. The molecule has 0 fully saturated rings. The lowest BCUT2D eigenvalue weighted by molar-refractivity contribution is -0.216. The normalized spacial score (nSPS) is 20.5. The SMILES string of the molecule is O=CC1OOc2ccccc21. The monoisotopic (exact) mass is 150 g/mol. The number of benzene rings is 1. The van der Waals surface area contributed by atoms with Gasteiger partial charge in [-0.1, -0.05) is 18.2 Å². The number of carbonyl (C=O) groups is 1. The lowest BCUT2D eigenvalue weighted by atomic mass is 10.1. The van der Waals surface area contributed by atoms with Gasteiger partial charge in [-0.05, 0) is 6.07 Å². The van der Waals surface area contributed by atoms with Crippen LogP contribution in [0.3, 0.4) is 0 Å². The van der Waals surface area contributed by atoms with E-state index in [1.54, 1.807) is 12.1 Å². The van der Waals surface area contributed by atoms with Gasteiger partial charge in [0.1, 0.15) is 0 Å². The van der Waals surface area contributed by atoms with Gasteiger partial charge < -0.3 is 4.89 Å². The van der Waals surface area contributed by atoms with Crippen molar-refractivity contribution < 1.29 is 14.6 Å². The topological polar surface area (TPSA) is 35.5 Å².